The number of hydrogen-bond acceptors (Lipinski definition) is 4. The molecular weight excluding hydrogens is 296 g/mol. The summed E-state index contributed by atoms with van der Waals surface area (Å²) in [6.07, 6.45) is 9.12. The van der Waals surface area contributed by atoms with Gasteiger partial charge in [0.1, 0.15) is 11.5 Å². The maximum Gasteiger partial charge on any atom is 0.163 e. The van der Waals surface area contributed by atoms with Crippen molar-refractivity contribution < 1.29 is 14.6 Å². The number of ketones is 1. The first kappa shape index (κ1) is 18.6. The number of aromatic hydroxyl groups is 1. The number of rotatable bonds is 11. The zero-order chi connectivity index (χ0) is 16.4. The maximum absolute atomic E-state index is 11.5. The fraction of sp³-hybridized carbons (Fsp3) is 0.500. The van der Waals surface area contributed by atoms with Crippen LogP contribution < -0.4 is 4.74 Å². The van der Waals surface area contributed by atoms with E-state index in [0.29, 0.717) is 24.3 Å². The molecule has 0 saturated heterocycles. The Balaban J connectivity index is 2.59. The predicted octanol–water partition coefficient (Wildman–Crippen LogP) is 4.63. The number of phenolic OH excluding ortho intramolecular Hbond substituents is 1. The third kappa shape index (κ3) is 6.14. The average Bonchev–Trinajstić information content (AvgIpc) is 2.48. The number of carbonyl (C=O) groups is 1. The Hall–Kier alpha value is -1.42. The van der Waals surface area contributed by atoms with Crippen LogP contribution in [-0.4, -0.2) is 29.5 Å². The Bertz CT molecular complexity index is 497. The highest BCUT2D eigenvalue weighted by Crippen LogP contribution is 2.29. The van der Waals surface area contributed by atoms with E-state index in [4.69, 9.17) is 4.74 Å². The van der Waals surface area contributed by atoms with Gasteiger partial charge in [0.05, 0.1) is 12.2 Å². The number of Topliss-reactive ketones (excluding diaryl/α,β-unsaturated/α-hetero) is 1. The van der Waals surface area contributed by atoms with Gasteiger partial charge in [0.15, 0.2) is 5.78 Å². The summed E-state index contributed by atoms with van der Waals surface area (Å²) in [6.45, 7) is 5.80. The standard InChI is InChI=1S/C18H26O3S/c1-4-9-15-12-16(14(2)19)17(20)13-18(15)21-10-7-5-6-8-11-22-3/h4,12-13,20H,1,5-11H2,2-3H3. The molecule has 0 atom stereocenters. The third-order valence-corrected chi connectivity index (χ3v) is 4.12. The van der Waals surface area contributed by atoms with Crippen LogP contribution in [0.4, 0.5) is 0 Å². The van der Waals surface area contributed by atoms with Gasteiger partial charge in [-0.1, -0.05) is 18.9 Å². The highest BCUT2D eigenvalue weighted by atomic mass is 32.2. The molecule has 1 N–H and O–H groups in total. The van der Waals surface area contributed by atoms with E-state index in [1.165, 1.54) is 25.5 Å². The lowest BCUT2D eigenvalue weighted by molar-refractivity contribution is 0.101. The first-order valence-electron chi connectivity index (χ1n) is 7.69. The first-order valence-corrected chi connectivity index (χ1v) is 9.09. The van der Waals surface area contributed by atoms with E-state index in [2.05, 4.69) is 12.8 Å². The van der Waals surface area contributed by atoms with Gasteiger partial charge in [-0.25, -0.2) is 0 Å². The Kier molecular flexibility index (Phi) is 8.75. The van der Waals surface area contributed by atoms with Crippen LogP contribution >= 0.6 is 11.8 Å². The maximum atomic E-state index is 11.5. The Morgan fingerprint density at radius 2 is 2.05 bits per heavy atom. The van der Waals surface area contributed by atoms with Crippen LogP contribution in [-0.2, 0) is 6.42 Å². The minimum atomic E-state index is -0.150. The lowest BCUT2D eigenvalue weighted by Crippen LogP contribution is -2.03. The number of unbranched alkanes of at least 4 members (excludes halogenated alkanes) is 3. The molecule has 1 rings (SSSR count). The van der Waals surface area contributed by atoms with Crippen molar-refractivity contribution in [1.29, 1.82) is 0 Å². The third-order valence-electron chi connectivity index (χ3n) is 3.42. The Morgan fingerprint density at radius 1 is 1.32 bits per heavy atom. The summed E-state index contributed by atoms with van der Waals surface area (Å²) in [6, 6.07) is 3.25. The van der Waals surface area contributed by atoms with Gasteiger partial charge in [-0.3, -0.25) is 4.79 Å². The van der Waals surface area contributed by atoms with Gasteiger partial charge in [-0.2, -0.15) is 11.8 Å². The van der Waals surface area contributed by atoms with E-state index >= 15 is 0 Å². The molecule has 0 radical (unpaired) electrons. The van der Waals surface area contributed by atoms with Crippen molar-refractivity contribution in [2.24, 2.45) is 0 Å². The van der Waals surface area contributed by atoms with Crippen LogP contribution in [0.2, 0.25) is 0 Å². The van der Waals surface area contributed by atoms with E-state index in [-0.39, 0.29) is 11.5 Å². The molecule has 1 aromatic rings. The van der Waals surface area contributed by atoms with E-state index in [9.17, 15) is 9.90 Å². The molecule has 0 aliphatic heterocycles. The van der Waals surface area contributed by atoms with Crippen LogP contribution in [0.1, 0.15) is 48.5 Å². The molecule has 0 aliphatic carbocycles. The van der Waals surface area contributed by atoms with Gasteiger partial charge in [-0.15, -0.1) is 6.58 Å². The molecule has 4 heteroatoms. The lowest BCUT2D eigenvalue weighted by atomic mass is 10.0. The van der Waals surface area contributed by atoms with E-state index in [0.717, 1.165) is 18.4 Å². The SMILES string of the molecule is C=CCc1cc(C(C)=O)c(O)cc1OCCCCCCSC. The van der Waals surface area contributed by atoms with Crippen LogP contribution in [0.3, 0.4) is 0 Å². The molecule has 0 aliphatic rings. The van der Waals surface area contributed by atoms with Crippen molar-refractivity contribution in [3.05, 3.63) is 35.9 Å². The molecular formula is C18H26O3S. The number of ether oxygens (including phenoxy) is 1. The summed E-state index contributed by atoms with van der Waals surface area (Å²) in [4.78, 5) is 11.5. The van der Waals surface area contributed by atoms with Crippen molar-refractivity contribution in [3.8, 4) is 11.5 Å². The summed E-state index contributed by atoms with van der Waals surface area (Å²) >= 11 is 1.88. The summed E-state index contributed by atoms with van der Waals surface area (Å²) in [7, 11) is 0. The zero-order valence-corrected chi connectivity index (χ0v) is 14.4. The number of phenols is 1. The fourth-order valence-corrected chi connectivity index (χ4v) is 2.72. The number of thioether (sulfide) groups is 1. The van der Waals surface area contributed by atoms with Gasteiger partial charge in [0, 0.05) is 6.07 Å². The van der Waals surface area contributed by atoms with Crippen molar-refractivity contribution in [1.82, 2.24) is 0 Å². The molecule has 0 aromatic heterocycles. The van der Waals surface area contributed by atoms with Crippen LogP contribution in [0.15, 0.2) is 24.8 Å². The topological polar surface area (TPSA) is 46.5 Å². The Labute approximate surface area is 137 Å². The van der Waals surface area contributed by atoms with Crippen LogP contribution in [0.25, 0.3) is 0 Å². The van der Waals surface area contributed by atoms with Crippen molar-refractivity contribution in [2.75, 3.05) is 18.6 Å². The highest BCUT2D eigenvalue weighted by molar-refractivity contribution is 7.98. The molecule has 3 nitrogen and oxygen atoms in total. The van der Waals surface area contributed by atoms with E-state index < -0.39 is 0 Å². The van der Waals surface area contributed by atoms with Crippen molar-refractivity contribution >= 4 is 17.5 Å². The number of allylic oxidation sites excluding steroid dienone is 1. The molecule has 0 saturated carbocycles. The largest absolute Gasteiger partial charge is 0.507 e. The van der Waals surface area contributed by atoms with Gasteiger partial charge in [-0.05, 0) is 49.8 Å². The van der Waals surface area contributed by atoms with Crippen LogP contribution in [0, 0.1) is 0 Å². The average molecular weight is 322 g/mol. The van der Waals surface area contributed by atoms with Gasteiger partial charge >= 0.3 is 0 Å². The number of benzene rings is 1. The second-order valence-corrected chi connectivity index (χ2v) is 6.27. The fourth-order valence-electron chi connectivity index (χ4n) is 2.23. The molecule has 122 valence electrons. The molecule has 0 heterocycles. The van der Waals surface area contributed by atoms with Crippen molar-refractivity contribution in [3.63, 3.8) is 0 Å². The lowest BCUT2D eigenvalue weighted by Gasteiger charge is -2.13. The van der Waals surface area contributed by atoms with Gasteiger partial charge < -0.3 is 9.84 Å². The van der Waals surface area contributed by atoms with Gasteiger partial charge in [0.2, 0.25) is 0 Å². The normalized spacial score (nSPS) is 10.5. The second kappa shape index (κ2) is 10.3. The molecule has 0 amide bonds. The molecule has 0 unspecified atom stereocenters. The second-order valence-electron chi connectivity index (χ2n) is 5.28. The predicted molar refractivity (Wildman–Crippen MR) is 94.4 cm³/mol. The quantitative estimate of drug-likeness (QED) is 0.367. The van der Waals surface area contributed by atoms with E-state index in [1.807, 2.05) is 11.8 Å². The minimum Gasteiger partial charge on any atom is -0.507 e. The summed E-state index contributed by atoms with van der Waals surface area (Å²) in [5.74, 6) is 1.69. The molecule has 0 spiro atoms. The molecule has 0 fully saturated rings. The minimum absolute atomic E-state index is 0.0183. The molecule has 22 heavy (non-hydrogen) atoms. The van der Waals surface area contributed by atoms with E-state index in [1.54, 1.807) is 18.2 Å². The first-order chi connectivity index (χ1) is 10.6. The number of carbonyl (C=O) groups excluding carboxylic acids is 1. The van der Waals surface area contributed by atoms with Gasteiger partial charge in [0.25, 0.3) is 0 Å². The zero-order valence-electron chi connectivity index (χ0n) is 13.6. The van der Waals surface area contributed by atoms with Crippen molar-refractivity contribution in [2.45, 2.75) is 39.0 Å². The number of hydrogen-bond donors (Lipinski definition) is 1. The Morgan fingerprint density at radius 3 is 2.68 bits per heavy atom. The molecule has 0 bridgehead atoms. The molecule has 1 aromatic carbocycles. The highest BCUT2D eigenvalue weighted by Gasteiger charge is 2.12. The summed E-state index contributed by atoms with van der Waals surface area (Å²) < 4.78 is 5.79. The summed E-state index contributed by atoms with van der Waals surface area (Å²) in [5.41, 5.74) is 1.22. The summed E-state index contributed by atoms with van der Waals surface area (Å²) in [5, 5.41) is 9.93. The monoisotopic (exact) mass is 322 g/mol. The smallest absolute Gasteiger partial charge is 0.163 e. The van der Waals surface area contributed by atoms with Crippen LogP contribution in [0.5, 0.6) is 11.5 Å².